The molecule has 2 fully saturated rings. The fourth-order valence-electron chi connectivity index (χ4n) is 2.87. The van der Waals surface area contributed by atoms with E-state index in [2.05, 4.69) is 4.90 Å². The van der Waals surface area contributed by atoms with Crippen LogP contribution in [0.2, 0.25) is 0 Å². The van der Waals surface area contributed by atoms with Gasteiger partial charge in [0.15, 0.2) is 0 Å². The lowest BCUT2D eigenvalue weighted by Gasteiger charge is -2.42. The van der Waals surface area contributed by atoms with E-state index in [9.17, 15) is 4.79 Å². The summed E-state index contributed by atoms with van der Waals surface area (Å²) in [5.74, 6) is 0.198. The van der Waals surface area contributed by atoms with Gasteiger partial charge in [0.05, 0.1) is 6.42 Å². The Hall–Kier alpha value is -0.570. The van der Waals surface area contributed by atoms with Gasteiger partial charge in [0, 0.05) is 12.6 Å². The average Bonchev–Trinajstić information content (AvgIpc) is 2.23. The molecule has 0 spiro atoms. The van der Waals surface area contributed by atoms with Gasteiger partial charge in [0.2, 0.25) is 0 Å². The molecule has 1 atom stereocenters. The van der Waals surface area contributed by atoms with E-state index in [1.54, 1.807) is 0 Å². The van der Waals surface area contributed by atoms with E-state index >= 15 is 0 Å². The van der Waals surface area contributed by atoms with E-state index in [0.717, 1.165) is 25.4 Å². The van der Waals surface area contributed by atoms with Gasteiger partial charge in [-0.15, -0.1) is 0 Å². The van der Waals surface area contributed by atoms with Crippen molar-refractivity contribution in [3.63, 3.8) is 0 Å². The van der Waals surface area contributed by atoms with Gasteiger partial charge in [0.1, 0.15) is 0 Å². The van der Waals surface area contributed by atoms with Crippen LogP contribution in [0.25, 0.3) is 0 Å². The number of carboxylic acid groups (broad SMARTS) is 1. The molecule has 1 N–H and O–H groups in total. The van der Waals surface area contributed by atoms with Crippen LogP contribution in [0.1, 0.15) is 44.9 Å². The first kappa shape index (κ1) is 10.9. The molecule has 0 aromatic rings. The lowest BCUT2D eigenvalue weighted by atomic mass is 9.87. The summed E-state index contributed by atoms with van der Waals surface area (Å²) in [6.07, 6.45) is 8.29. The van der Waals surface area contributed by atoms with Crippen LogP contribution in [0.5, 0.6) is 0 Å². The monoisotopic (exact) mass is 211 g/mol. The maximum absolute atomic E-state index is 10.6. The first-order valence-electron chi connectivity index (χ1n) is 6.21. The summed E-state index contributed by atoms with van der Waals surface area (Å²) in [5.41, 5.74) is 0. The molecule has 0 amide bonds. The molecular weight excluding hydrogens is 190 g/mol. The Labute approximate surface area is 91.5 Å². The predicted molar refractivity (Wildman–Crippen MR) is 58.8 cm³/mol. The summed E-state index contributed by atoms with van der Waals surface area (Å²) in [7, 11) is 0. The third-order valence-corrected chi connectivity index (χ3v) is 3.89. The number of hydrogen-bond acceptors (Lipinski definition) is 2. The second-order valence-electron chi connectivity index (χ2n) is 5.04. The van der Waals surface area contributed by atoms with Crippen LogP contribution in [0.3, 0.4) is 0 Å². The number of carbonyl (C=O) groups is 1. The number of aliphatic carboxylic acids is 1. The van der Waals surface area contributed by atoms with Crippen molar-refractivity contribution >= 4 is 5.97 Å². The third-order valence-electron chi connectivity index (χ3n) is 3.89. The number of nitrogens with zero attached hydrogens (tertiary/aromatic N) is 1. The molecule has 86 valence electrons. The lowest BCUT2D eigenvalue weighted by Crippen LogP contribution is -2.50. The van der Waals surface area contributed by atoms with Gasteiger partial charge in [-0.1, -0.05) is 19.3 Å². The van der Waals surface area contributed by atoms with Crippen LogP contribution >= 0.6 is 0 Å². The van der Waals surface area contributed by atoms with Crippen LogP contribution < -0.4 is 0 Å². The van der Waals surface area contributed by atoms with Crippen LogP contribution in [0.4, 0.5) is 0 Å². The molecule has 15 heavy (non-hydrogen) atoms. The van der Waals surface area contributed by atoms with E-state index in [1.807, 2.05) is 0 Å². The van der Waals surface area contributed by atoms with Gasteiger partial charge in [-0.05, 0) is 31.7 Å². The lowest BCUT2D eigenvalue weighted by molar-refractivity contribution is -0.139. The fraction of sp³-hybridized carbons (Fsp3) is 0.917. The fourth-order valence-corrected chi connectivity index (χ4v) is 2.87. The molecular formula is C12H21NO2. The molecule has 3 nitrogen and oxygen atoms in total. The number of hydrogen-bond donors (Lipinski definition) is 1. The highest BCUT2D eigenvalue weighted by Gasteiger charge is 2.31. The topological polar surface area (TPSA) is 40.5 Å². The summed E-state index contributed by atoms with van der Waals surface area (Å²) in [6, 6.07) is 0.337. The zero-order chi connectivity index (χ0) is 10.7. The SMILES string of the molecule is O=C(O)CC1CCN1CC1CCCCC1. The Balaban J connectivity index is 1.72. The zero-order valence-corrected chi connectivity index (χ0v) is 9.32. The molecule has 0 aromatic heterocycles. The van der Waals surface area contributed by atoms with Crippen molar-refractivity contribution in [3.8, 4) is 0 Å². The zero-order valence-electron chi connectivity index (χ0n) is 9.32. The minimum absolute atomic E-state index is 0.337. The summed E-state index contributed by atoms with van der Waals surface area (Å²) in [5, 5.41) is 8.75. The van der Waals surface area contributed by atoms with Gasteiger partial charge < -0.3 is 5.11 Å². The van der Waals surface area contributed by atoms with Gasteiger partial charge in [0.25, 0.3) is 0 Å². The van der Waals surface area contributed by atoms with Crippen LogP contribution in [0.15, 0.2) is 0 Å². The van der Waals surface area contributed by atoms with E-state index in [-0.39, 0.29) is 0 Å². The standard InChI is InChI=1S/C12H21NO2/c14-12(15)8-11-6-7-13(11)9-10-4-2-1-3-5-10/h10-11H,1-9H2,(H,14,15). The normalized spacial score (nSPS) is 28.7. The first-order chi connectivity index (χ1) is 7.25. The number of likely N-dealkylation sites (tertiary alicyclic amines) is 1. The van der Waals surface area contributed by atoms with Crippen molar-refractivity contribution in [1.82, 2.24) is 4.90 Å². The molecule has 1 heterocycles. The van der Waals surface area contributed by atoms with Crippen molar-refractivity contribution in [1.29, 1.82) is 0 Å². The molecule has 0 bridgehead atoms. The minimum atomic E-state index is -0.645. The Morgan fingerprint density at radius 3 is 2.47 bits per heavy atom. The van der Waals surface area contributed by atoms with E-state index in [1.165, 1.54) is 32.1 Å². The third kappa shape index (κ3) is 2.94. The molecule has 1 saturated heterocycles. The molecule has 3 heteroatoms. The maximum Gasteiger partial charge on any atom is 0.304 e. The van der Waals surface area contributed by atoms with Crippen molar-refractivity contribution in [2.75, 3.05) is 13.1 Å². The molecule has 1 aliphatic carbocycles. The van der Waals surface area contributed by atoms with Crippen LogP contribution in [-0.2, 0) is 4.79 Å². The second-order valence-corrected chi connectivity index (χ2v) is 5.04. The van der Waals surface area contributed by atoms with Crippen molar-refractivity contribution < 1.29 is 9.90 Å². The van der Waals surface area contributed by atoms with Gasteiger partial charge >= 0.3 is 5.97 Å². The highest BCUT2D eigenvalue weighted by Crippen LogP contribution is 2.28. The molecule has 2 rings (SSSR count). The molecule has 1 aliphatic heterocycles. The Bertz CT molecular complexity index is 224. The molecule has 2 aliphatic rings. The van der Waals surface area contributed by atoms with Gasteiger partial charge in [-0.2, -0.15) is 0 Å². The quantitative estimate of drug-likeness (QED) is 0.774. The van der Waals surface area contributed by atoms with Gasteiger partial charge in [-0.25, -0.2) is 0 Å². The first-order valence-corrected chi connectivity index (χ1v) is 6.21. The highest BCUT2D eigenvalue weighted by atomic mass is 16.4. The van der Waals surface area contributed by atoms with Gasteiger partial charge in [-0.3, -0.25) is 9.69 Å². The predicted octanol–water partition coefficient (Wildman–Crippen LogP) is 2.12. The van der Waals surface area contributed by atoms with Crippen LogP contribution in [-0.4, -0.2) is 35.1 Å². The summed E-state index contributed by atoms with van der Waals surface area (Å²) >= 11 is 0. The van der Waals surface area contributed by atoms with E-state index in [4.69, 9.17) is 5.11 Å². The minimum Gasteiger partial charge on any atom is -0.481 e. The smallest absolute Gasteiger partial charge is 0.304 e. The highest BCUT2D eigenvalue weighted by molar-refractivity contribution is 5.67. The van der Waals surface area contributed by atoms with Crippen molar-refractivity contribution in [3.05, 3.63) is 0 Å². The maximum atomic E-state index is 10.6. The largest absolute Gasteiger partial charge is 0.481 e. The Kier molecular flexibility index (Phi) is 3.62. The summed E-state index contributed by atoms with van der Waals surface area (Å²) < 4.78 is 0. The summed E-state index contributed by atoms with van der Waals surface area (Å²) in [6.45, 7) is 2.27. The van der Waals surface area contributed by atoms with E-state index < -0.39 is 5.97 Å². The molecule has 0 radical (unpaired) electrons. The average molecular weight is 211 g/mol. The molecule has 0 aromatic carbocycles. The van der Waals surface area contributed by atoms with Crippen LogP contribution in [0, 0.1) is 5.92 Å². The summed E-state index contributed by atoms with van der Waals surface area (Å²) in [4.78, 5) is 13.0. The number of carboxylic acids is 1. The molecule has 1 unspecified atom stereocenters. The molecule has 1 saturated carbocycles. The Morgan fingerprint density at radius 2 is 1.93 bits per heavy atom. The van der Waals surface area contributed by atoms with E-state index in [0.29, 0.717) is 12.5 Å². The second kappa shape index (κ2) is 4.97. The number of rotatable bonds is 4. The van der Waals surface area contributed by atoms with Crippen molar-refractivity contribution in [2.45, 2.75) is 51.0 Å². The Morgan fingerprint density at radius 1 is 1.20 bits per heavy atom. The van der Waals surface area contributed by atoms with Crippen molar-refractivity contribution in [2.24, 2.45) is 5.92 Å².